The van der Waals surface area contributed by atoms with Crippen molar-refractivity contribution in [3.63, 3.8) is 0 Å². The van der Waals surface area contributed by atoms with Crippen LogP contribution in [0, 0.1) is 0 Å². The Morgan fingerprint density at radius 1 is 1.33 bits per heavy atom. The molecule has 0 aliphatic carbocycles. The van der Waals surface area contributed by atoms with E-state index in [1.807, 2.05) is 18.2 Å². The van der Waals surface area contributed by atoms with E-state index in [-0.39, 0.29) is 5.97 Å². The van der Waals surface area contributed by atoms with E-state index in [9.17, 15) is 4.79 Å². The van der Waals surface area contributed by atoms with Crippen molar-refractivity contribution in [3.05, 3.63) is 35.4 Å². The van der Waals surface area contributed by atoms with E-state index in [0.29, 0.717) is 18.2 Å². The number of rotatable bonds is 7. The molecule has 1 unspecified atom stereocenters. The van der Waals surface area contributed by atoms with Crippen LogP contribution in [0.1, 0.15) is 29.3 Å². The fourth-order valence-electron chi connectivity index (χ4n) is 1.66. The van der Waals surface area contributed by atoms with E-state index >= 15 is 0 Å². The second-order valence-electron chi connectivity index (χ2n) is 4.21. The third-order valence-corrected chi connectivity index (χ3v) is 2.82. The van der Waals surface area contributed by atoms with Crippen molar-refractivity contribution in [1.82, 2.24) is 5.32 Å². The molecule has 0 heterocycles. The van der Waals surface area contributed by atoms with Crippen LogP contribution < -0.4 is 5.32 Å². The summed E-state index contributed by atoms with van der Waals surface area (Å²) < 4.78 is 9.79. The van der Waals surface area contributed by atoms with Gasteiger partial charge in [0.25, 0.3) is 0 Å². The molecule has 0 fully saturated rings. The van der Waals surface area contributed by atoms with Crippen LogP contribution in [0.15, 0.2) is 24.3 Å². The summed E-state index contributed by atoms with van der Waals surface area (Å²) >= 11 is 0. The smallest absolute Gasteiger partial charge is 0.338 e. The van der Waals surface area contributed by atoms with Crippen LogP contribution in [0.3, 0.4) is 0 Å². The maximum atomic E-state index is 11.6. The standard InChI is InChI=1S/C14H21NO3/c1-11(8-9-17-2)15-10-12-6-4-5-7-13(12)14(16)18-3/h4-7,11,15H,8-10H2,1-3H3. The van der Waals surface area contributed by atoms with Crippen LogP contribution in [0.25, 0.3) is 0 Å². The van der Waals surface area contributed by atoms with Crippen molar-refractivity contribution in [1.29, 1.82) is 0 Å². The first-order valence-electron chi connectivity index (χ1n) is 6.07. The highest BCUT2D eigenvalue weighted by Crippen LogP contribution is 2.10. The van der Waals surface area contributed by atoms with E-state index in [2.05, 4.69) is 12.2 Å². The van der Waals surface area contributed by atoms with Gasteiger partial charge in [0, 0.05) is 26.3 Å². The van der Waals surface area contributed by atoms with Gasteiger partial charge in [-0.25, -0.2) is 4.79 Å². The summed E-state index contributed by atoms with van der Waals surface area (Å²) in [4.78, 5) is 11.6. The lowest BCUT2D eigenvalue weighted by Gasteiger charge is -2.14. The topological polar surface area (TPSA) is 47.6 Å². The lowest BCUT2D eigenvalue weighted by atomic mass is 10.1. The Balaban J connectivity index is 2.59. The molecule has 1 aromatic carbocycles. The first kappa shape index (κ1) is 14.7. The minimum absolute atomic E-state index is 0.294. The molecule has 0 saturated carbocycles. The number of ether oxygens (including phenoxy) is 2. The largest absolute Gasteiger partial charge is 0.465 e. The summed E-state index contributed by atoms with van der Waals surface area (Å²) in [6, 6.07) is 7.81. The van der Waals surface area contributed by atoms with Crippen LogP contribution in [0.2, 0.25) is 0 Å². The molecule has 100 valence electrons. The maximum absolute atomic E-state index is 11.6. The van der Waals surface area contributed by atoms with Crippen LogP contribution in [-0.4, -0.2) is 32.8 Å². The van der Waals surface area contributed by atoms with Gasteiger partial charge in [-0.3, -0.25) is 0 Å². The van der Waals surface area contributed by atoms with Crippen molar-refractivity contribution in [2.24, 2.45) is 0 Å². The lowest BCUT2D eigenvalue weighted by Crippen LogP contribution is -2.27. The molecular formula is C14H21NO3. The third-order valence-electron chi connectivity index (χ3n) is 2.82. The fourth-order valence-corrected chi connectivity index (χ4v) is 1.66. The van der Waals surface area contributed by atoms with Crippen molar-refractivity contribution in [2.75, 3.05) is 20.8 Å². The van der Waals surface area contributed by atoms with Crippen molar-refractivity contribution in [2.45, 2.75) is 25.9 Å². The zero-order valence-electron chi connectivity index (χ0n) is 11.2. The summed E-state index contributed by atoms with van der Waals surface area (Å²) in [7, 11) is 3.09. The highest BCUT2D eigenvalue weighted by atomic mass is 16.5. The number of benzene rings is 1. The summed E-state index contributed by atoms with van der Waals surface area (Å²) in [5, 5.41) is 3.37. The molecule has 1 N–H and O–H groups in total. The molecule has 0 amide bonds. The first-order chi connectivity index (χ1) is 8.69. The van der Waals surface area contributed by atoms with Crippen LogP contribution in [0.5, 0.6) is 0 Å². The first-order valence-corrected chi connectivity index (χ1v) is 6.07. The summed E-state index contributed by atoms with van der Waals surface area (Å²) in [6.45, 7) is 3.47. The van der Waals surface area contributed by atoms with E-state index in [1.165, 1.54) is 7.11 Å². The number of hydrogen-bond donors (Lipinski definition) is 1. The van der Waals surface area contributed by atoms with E-state index in [0.717, 1.165) is 18.6 Å². The van der Waals surface area contributed by atoms with Crippen LogP contribution in [0.4, 0.5) is 0 Å². The molecule has 1 atom stereocenters. The predicted molar refractivity (Wildman–Crippen MR) is 70.6 cm³/mol. The number of methoxy groups -OCH3 is 2. The molecule has 0 aliphatic heterocycles. The molecule has 0 radical (unpaired) electrons. The van der Waals surface area contributed by atoms with Crippen molar-refractivity contribution in [3.8, 4) is 0 Å². The van der Waals surface area contributed by atoms with Gasteiger partial charge in [0.1, 0.15) is 0 Å². The molecular weight excluding hydrogens is 230 g/mol. The van der Waals surface area contributed by atoms with Gasteiger partial charge in [0.05, 0.1) is 12.7 Å². The molecule has 0 saturated heterocycles. The number of esters is 1. The average Bonchev–Trinajstić information content (AvgIpc) is 2.42. The molecule has 0 aromatic heterocycles. The van der Waals surface area contributed by atoms with Gasteiger partial charge in [-0.2, -0.15) is 0 Å². The molecule has 18 heavy (non-hydrogen) atoms. The minimum atomic E-state index is -0.294. The highest BCUT2D eigenvalue weighted by Gasteiger charge is 2.11. The van der Waals surface area contributed by atoms with Gasteiger partial charge in [-0.1, -0.05) is 18.2 Å². The summed E-state index contributed by atoms with van der Waals surface area (Å²) in [5.41, 5.74) is 1.57. The van der Waals surface area contributed by atoms with Gasteiger partial charge in [0.2, 0.25) is 0 Å². The predicted octanol–water partition coefficient (Wildman–Crippen LogP) is 1.99. The third kappa shape index (κ3) is 4.47. The van der Waals surface area contributed by atoms with E-state index < -0.39 is 0 Å². The number of carbonyl (C=O) groups is 1. The lowest BCUT2D eigenvalue weighted by molar-refractivity contribution is 0.0599. The van der Waals surface area contributed by atoms with Crippen molar-refractivity contribution >= 4 is 5.97 Å². The minimum Gasteiger partial charge on any atom is -0.465 e. The Hall–Kier alpha value is -1.39. The molecule has 0 aliphatic rings. The van der Waals surface area contributed by atoms with Gasteiger partial charge >= 0.3 is 5.97 Å². The SMILES string of the molecule is COCCC(C)NCc1ccccc1C(=O)OC. The van der Waals surface area contributed by atoms with Crippen LogP contribution >= 0.6 is 0 Å². The average molecular weight is 251 g/mol. The molecule has 1 rings (SSSR count). The quantitative estimate of drug-likeness (QED) is 0.753. The fraction of sp³-hybridized carbons (Fsp3) is 0.500. The monoisotopic (exact) mass is 251 g/mol. The highest BCUT2D eigenvalue weighted by molar-refractivity contribution is 5.90. The molecule has 1 aromatic rings. The van der Waals surface area contributed by atoms with Gasteiger partial charge in [-0.15, -0.1) is 0 Å². The molecule has 4 nitrogen and oxygen atoms in total. The Kier molecular flexibility index (Phi) is 6.39. The van der Waals surface area contributed by atoms with E-state index in [4.69, 9.17) is 9.47 Å². The van der Waals surface area contributed by atoms with Crippen molar-refractivity contribution < 1.29 is 14.3 Å². The Morgan fingerprint density at radius 3 is 2.72 bits per heavy atom. The normalized spacial score (nSPS) is 12.2. The Morgan fingerprint density at radius 2 is 2.06 bits per heavy atom. The zero-order chi connectivity index (χ0) is 13.4. The molecule has 4 heteroatoms. The number of hydrogen-bond acceptors (Lipinski definition) is 4. The number of carbonyl (C=O) groups excluding carboxylic acids is 1. The van der Waals surface area contributed by atoms with Gasteiger partial charge in [-0.05, 0) is 25.0 Å². The van der Waals surface area contributed by atoms with Gasteiger partial charge in [0.15, 0.2) is 0 Å². The number of nitrogens with one attached hydrogen (secondary N) is 1. The van der Waals surface area contributed by atoms with Gasteiger partial charge < -0.3 is 14.8 Å². The zero-order valence-corrected chi connectivity index (χ0v) is 11.2. The second kappa shape index (κ2) is 7.84. The second-order valence-corrected chi connectivity index (χ2v) is 4.21. The molecule has 0 bridgehead atoms. The Labute approximate surface area is 108 Å². The Bertz CT molecular complexity index is 379. The van der Waals surface area contributed by atoms with E-state index in [1.54, 1.807) is 13.2 Å². The summed E-state index contributed by atoms with van der Waals surface area (Å²) in [5.74, 6) is -0.294. The molecule has 0 spiro atoms. The van der Waals surface area contributed by atoms with Crippen LogP contribution in [-0.2, 0) is 16.0 Å². The summed E-state index contributed by atoms with van der Waals surface area (Å²) in [6.07, 6.45) is 0.941. The maximum Gasteiger partial charge on any atom is 0.338 e.